The van der Waals surface area contributed by atoms with Gasteiger partial charge < -0.3 is 25.7 Å². The molecule has 198 valence electrons. The van der Waals surface area contributed by atoms with E-state index in [0.29, 0.717) is 23.0 Å². The number of benzene rings is 2. The zero-order chi connectivity index (χ0) is 27.4. The lowest BCUT2D eigenvalue weighted by Gasteiger charge is -2.31. The van der Waals surface area contributed by atoms with Gasteiger partial charge in [0.15, 0.2) is 6.10 Å². The van der Waals surface area contributed by atoms with Gasteiger partial charge in [0, 0.05) is 31.9 Å². The minimum Gasteiger partial charge on any atom is -0.508 e. The molecule has 0 aliphatic rings. The number of amides is 3. The summed E-state index contributed by atoms with van der Waals surface area (Å²) in [6.07, 6.45) is 3.40. The van der Waals surface area contributed by atoms with Gasteiger partial charge in [-0.25, -0.2) is 8.78 Å². The summed E-state index contributed by atoms with van der Waals surface area (Å²) in [7, 11) is 0. The van der Waals surface area contributed by atoms with Gasteiger partial charge in [0.2, 0.25) is 11.8 Å². The maximum atomic E-state index is 13.9. The number of carbonyl (C=O) groups excluding carboxylic acids is 3. The van der Waals surface area contributed by atoms with E-state index in [0.717, 1.165) is 0 Å². The molecule has 4 N–H and O–H groups in total. The molecule has 0 aliphatic carbocycles. The van der Waals surface area contributed by atoms with E-state index in [1.165, 1.54) is 6.07 Å². The largest absolute Gasteiger partial charge is 0.508 e. The standard InChI is InChI=1S/C27H31F2N3O5/c1-3-4-14-23(34)31-21(15-19-10-6-5-7-11-19)25(36)26(37)32(18-27(2,28)29)17-24(35)30-16-20-12-8-9-13-22(20)33/h1,5-13,21,25,33,36H,4,14-18H2,2H3,(H,30,35)(H,31,34). The number of alkyl halides is 2. The molecule has 2 aromatic rings. The predicted octanol–water partition coefficient (Wildman–Crippen LogP) is 1.99. The summed E-state index contributed by atoms with van der Waals surface area (Å²) < 4.78 is 27.8. The van der Waals surface area contributed by atoms with Crippen molar-refractivity contribution in [3.63, 3.8) is 0 Å². The molecule has 0 saturated heterocycles. The first-order valence-corrected chi connectivity index (χ1v) is 11.6. The Morgan fingerprint density at radius 3 is 2.35 bits per heavy atom. The maximum absolute atomic E-state index is 13.9. The molecular formula is C27H31F2N3O5. The van der Waals surface area contributed by atoms with Crippen LogP contribution < -0.4 is 10.6 Å². The fraction of sp³-hybridized carbons (Fsp3) is 0.370. The summed E-state index contributed by atoms with van der Waals surface area (Å²) in [6, 6.07) is 13.8. The van der Waals surface area contributed by atoms with Crippen LogP contribution in [0.1, 0.15) is 30.9 Å². The number of aliphatic hydroxyl groups excluding tert-OH is 1. The first-order chi connectivity index (χ1) is 17.5. The van der Waals surface area contributed by atoms with Crippen LogP contribution in [-0.2, 0) is 27.3 Å². The topological polar surface area (TPSA) is 119 Å². The van der Waals surface area contributed by atoms with Gasteiger partial charge in [-0.15, -0.1) is 12.3 Å². The fourth-order valence-corrected chi connectivity index (χ4v) is 3.56. The second-order valence-corrected chi connectivity index (χ2v) is 8.68. The van der Waals surface area contributed by atoms with Gasteiger partial charge in [-0.3, -0.25) is 14.4 Å². The molecule has 2 unspecified atom stereocenters. The first kappa shape index (κ1) is 29.3. The molecule has 0 aliphatic heterocycles. The molecular weight excluding hydrogens is 484 g/mol. The SMILES string of the molecule is C#CCCC(=O)NC(Cc1ccccc1)C(O)C(=O)N(CC(=O)NCc1ccccc1O)CC(C)(F)F. The molecule has 3 amide bonds. The number of hydrogen-bond acceptors (Lipinski definition) is 5. The molecule has 2 aromatic carbocycles. The molecule has 2 rings (SSSR count). The quantitative estimate of drug-likeness (QED) is 0.304. The molecule has 0 radical (unpaired) electrons. The van der Waals surface area contributed by atoms with Gasteiger partial charge in [-0.2, -0.15) is 0 Å². The second kappa shape index (κ2) is 13.9. The normalized spacial score (nSPS) is 12.6. The molecule has 0 saturated carbocycles. The van der Waals surface area contributed by atoms with Gasteiger partial charge in [0.25, 0.3) is 11.8 Å². The van der Waals surface area contributed by atoms with Crippen LogP contribution >= 0.6 is 0 Å². The highest BCUT2D eigenvalue weighted by Gasteiger charge is 2.36. The third kappa shape index (κ3) is 10.3. The predicted molar refractivity (Wildman–Crippen MR) is 133 cm³/mol. The van der Waals surface area contributed by atoms with Gasteiger partial charge in [-0.1, -0.05) is 48.5 Å². The van der Waals surface area contributed by atoms with E-state index in [9.17, 15) is 33.4 Å². The lowest BCUT2D eigenvalue weighted by atomic mass is 9.99. The summed E-state index contributed by atoms with van der Waals surface area (Å²) in [4.78, 5) is 38.5. The Bertz CT molecular complexity index is 1100. The Hall–Kier alpha value is -3.97. The van der Waals surface area contributed by atoms with E-state index in [2.05, 4.69) is 16.6 Å². The average molecular weight is 516 g/mol. The Morgan fingerprint density at radius 1 is 1.08 bits per heavy atom. The second-order valence-electron chi connectivity index (χ2n) is 8.68. The van der Waals surface area contributed by atoms with E-state index in [-0.39, 0.29) is 31.6 Å². The Labute approximate surface area is 214 Å². The summed E-state index contributed by atoms with van der Waals surface area (Å²) in [5.74, 6) is -3.53. The highest BCUT2D eigenvalue weighted by molar-refractivity contribution is 5.88. The Morgan fingerprint density at radius 2 is 1.73 bits per heavy atom. The summed E-state index contributed by atoms with van der Waals surface area (Å²) in [5, 5.41) is 25.7. The van der Waals surface area contributed by atoms with Gasteiger partial charge in [0.1, 0.15) is 5.75 Å². The number of halogens is 2. The van der Waals surface area contributed by atoms with Crippen LogP contribution in [0, 0.1) is 12.3 Å². The Balaban J connectivity index is 2.18. The zero-order valence-electron chi connectivity index (χ0n) is 20.5. The number of nitrogens with zero attached hydrogens (tertiary/aromatic N) is 1. The van der Waals surface area contributed by atoms with Gasteiger partial charge >= 0.3 is 0 Å². The average Bonchev–Trinajstić information content (AvgIpc) is 2.85. The number of rotatable bonds is 13. The number of phenols is 1. The van der Waals surface area contributed by atoms with Gasteiger partial charge in [0.05, 0.1) is 19.1 Å². The van der Waals surface area contributed by atoms with Crippen molar-refractivity contribution in [1.29, 1.82) is 0 Å². The number of nitrogens with one attached hydrogen (secondary N) is 2. The van der Waals surface area contributed by atoms with Crippen LogP contribution in [0.15, 0.2) is 54.6 Å². The van der Waals surface area contributed by atoms with E-state index >= 15 is 0 Å². The molecule has 0 fully saturated rings. The van der Waals surface area contributed by atoms with E-state index < -0.39 is 48.9 Å². The zero-order valence-corrected chi connectivity index (χ0v) is 20.5. The number of terminal acetylenes is 1. The molecule has 0 spiro atoms. The number of phenolic OH excluding ortho intramolecular Hbond substituents is 1. The highest BCUT2D eigenvalue weighted by Crippen LogP contribution is 2.17. The summed E-state index contributed by atoms with van der Waals surface area (Å²) in [5.41, 5.74) is 1.08. The van der Waals surface area contributed by atoms with Crippen molar-refractivity contribution in [2.45, 2.75) is 50.8 Å². The molecule has 0 bridgehead atoms. The van der Waals surface area contributed by atoms with E-state index in [1.807, 2.05) is 0 Å². The summed E-state index contributed by atoms with van der Waals surface area (Å²) in [6.45, 7) is -1.41. The number of para-hydroxylation sites is 1. The monoisotopic (exact) mass is 515 g/mol. The van der Waals surface area contributed by atoms with E-state index in [1.54, 1.807) is 48.5 Å². The molecule has 2 atom stereocenters. The number of aliphatic hydroxyl groups is 1. The lowest BCUT2D eigenvalue weighted by Crippen LogP contribution is -2.55. The third-order valence-corrected chi connectivity index (χ3v) is 5.36. The first-order valence-electron chi connectivity index (χ1n) is 11.6. The minimum absolute atomic E-state index is 0.0331. The Kier molecular flexibility index (Phi) is 11.0. The number of hydrogen-bond donors (Lipinski definition) is 4. The molecule has 8 nitrogen and oxygen atoms in total. The third-order valence-electron chi connectivity index (χ3n) is 5.36. The van der Waals surface area contributed by atoms with Crippen molar-refractivity contribution in [2.24, 2.45) is 0 Å². The molecule has 37 heavy (non-hydrogen) atoms. The van der Waals surface area contributed by atoms with Crippen LogP contribution in [0.4, 0.5) is 8.78 Å². The van der Waals surface area contributed by atoms with Crippen LogP contribution in [0.2, 0.25) is 0 Å². The van der Waals surface area contributed by atoms with Crippen molar-refractivity contribution in [3.8, 4) is 18.1 Å². The van der Waals surface area contributed by atoms with Crippen LogP contribution in [0.25, 0.3) is 0 Å². The highest BCUT2D eigenvalue weighted by atomic mass is 19.3. The maximum Gasteiger partial charge on any atom is 0.262 e. The minimum atomic E-state index is -3.36. The molecule has 0 aromatic heterocycles. The number of aromatic hydroxyl groups is 1. The summed E-state index contributed by atoms with van der Waals surface area (Å²) >= 11 is 0. The van der Waals surface area contributed by atoms with Crippen molar-refractivity contribution in [3.05, 3.63) is 65.7 Å². The van der Waals surface area contributed by atoms with Crippen molar-refractivity contribution in [2.75, 3.05) is 13.1 Å². The fourth-order valence-electron chi connectivity index (χ4n) is 3.56. The van der Waals surface area contributed by atoms with Crippen molar-refractivity contribution in [1.82, 2.24) is 15.5 Å². The lowest BCUT2D eigenvalue weighted by molar-refractivity contribution is -0.149. The van der Waals surface area contributed by atoms with Crippen molar-refractivity contribution < 1.29 is 33.4 Å². The molecule has 10 heteroatoms. The van der Waals surface area contributed by atoms with Crippen LogP contribution in [-0.4, -0.2) is 64.0 Å². The van der Waals surface area contributed by atoms with E-state index in [4.69, 9.17) is 6.42 Å². The van der Waals surface area contributed by atoms with Crippen LogP contribution in [0.5, 0.6) is 5.75 Å². The van der Waals surface area contributed by atoms with Crippen LogP contribution in [0.3, 0.4) is 0 Å². The van der Waals surface area contributed by atoms with Gasteiger partial charge in [-0.05, 0) is 18.1 Å². The molecule has 0 heterocycles. The smallest absolute Gasteiger partial charge is 0.262 e. The van der Waals surface area contributed by atoms with Crippen molar-refractivity contribution >= 4 is 17.7 Å². The number of carbonyl (C=O) groups is 3.